The summed E-state index contributed by atoms with van der Waals surface area (Å²) in [7, 11) is 0. The van der Waals surface area contributed by atoms with Gasteiger partial charge >= 0.3 is 0 Å². The molecule has 1 fully saturated rings. The Balaban J connectivity index is 2.10. The Hall–Kier alpha value is -1.36. The number of nitrogens with two attached hydrogens (primary N) is 1. The van der Waals surface area contributed by atoms with Crippen LogP contribution in [0.5, 0.6) is 0 Å². The fourth-order valence-corrected chi connectivity index (χ4v) is 2.52. The first-order chi connectivity index (χ1) is 8.61. The van der Waals surface area contributed by atoms with Crippen molar-refractivity contribution in [2.24, 2.45) is 5.92 Å². The normalized spacial score (nSPS) is 17.2. The van der Waals surface area contributed by atoms with Gasteiger partial charge in [-0.3, -0.25) is 0 Å². The first kappa shape index (κ1) is 13.1. The van der Waals surface area contributed by atoms with E-state index in [1.165, 1.54) is 0 Å². The van der Waals surface area contributed by atoms with E-state index < -0.39 is 11.6 Å². The minimum atomic E-state index is -0.604. The molecule has 1 aromatic rings. The lowest BCUT2D eigenvalue weighted by atomic mass is 9.93. The zero-order valence-corrected chi connectivity index (χ0v) is 10.2. The zero-order chi connectivity index (χ0) is 13.1. The van der Waals surface area contributed by atoms with Crippen molar-refractivity contribution in [2.75, 3.05) is 30.3 Å². The van der Waals surface area contributed by atoms with Crippen molar-refractivity contribution >= 4 is 11.4 Å². The summed E-state index contributed by atoms with van der Waals surface area (Å²) in [4.78, 5) is 1.72. The van der Waals surface area contributed by atoms with Gasteiger partial charge in [0.15, 0.2) is 11.6 Å². The molecule has 0 atom stereocenters. The van der Waals surface area contributed by atoms with Crippen LogP contribution in [0.2, 0.25) is 0 Å². The molecule has 5 heteroatoms. The SMILES string of the molecule is Nc1cc(F)c(N2CCC(CCO)CC2)c(F)c1. The van der Waals surface area contributed by atoms with E-state index in [1.807, 2.05) is 0 Å². The third-order valence-corrected chi connectivity index (χ3v) is 3.51. The number of benzene rings is 1. The number of piperidine rings is 1. The molecule has 0 radical (unpaired) electrons. The minimum absolute atomic E-state index is 0.0200. The van der Waals surface area contributed by atoms with Crippen LogP contribution in [0, 0.1) is 17.6 Å². The summed E-state index contributed by atoms with van der Waals surface area (Å²) in [6, 6.07) is 2.30. The number of halogens is 2. The van der Waals surface area contributed by atoms with Gasteiger partial charge in [-0.1, -0.05) is 0 Å². The molecule has 2 rings (SSSR count). The molecule has 1 aliphatic heterocycles. The van der Waals surface area contributed by atoms with Gasteiger partial charge in [-0.15, -0.1) is 0 Å². The van der Waals surface area contributed by atoms with Crippen LogP contribution < -0.4 is 10.6 Å². The second-order valence-corrected chi connectivity index (χ2v) is 4.78. The molecule has 0 aromatic heterocycles. The van der Waals surface area contributed by atoms with E-state index >= 15 is 0 Å². The van der Waals surface area contributed by atoms with Crippen molar-refractivity contribution in [3.8, 4) is 0 Å². The maximum absolute atomic E-state index is 13.7. The Labute approximate surface area is 105 Å². The molecular formula is C13H18F2N2O. The smallest absolute Gasteiger partial charge is 0.151 e. The second kappa shape index (κ2) is 5.52. The summed E-state index contributed by atoms with van der Waals surface area (Å²) in [5.41, 5.74) is 5.51. The van der Waals surface area contributed by atoms with E-state index in [0.717, 1.165) is 31.4 Å². The molecule has 18 heavy (non-hydrogen) atoms. The van der Waals surface area contributed by atoms with E-state index in [4.69, 9.17) is 10.8 Å². The molecule has 0 bridgehead atoms. The van der Waals surface area contributed by atoms with Gasteiger partial charge < -0.3 is 15.7 Å². The molecule has 1 aliphatic rings. The largest absolute Gasteiger partial charge is 0.399 e. The predicted octanol–water partition coefficient (Wildman–Crippen LogP) is 2.15. The molecule has 0 aliphatic carbocycles. The molecule has 1 saturated heterocycles. The van der Waals surface area contributed by atoms with E-state index in [-0.39, 0.29) is 18.0 Å². The van der Waals surface area contributed by atoms with Crippen molar-refractivity contribution in [3.63, 3.8) is 0 Å². The first-order valence-electron chi connectivity index (χ1n) is 6.22. The van der Waals surface area contributed by atoms with Gasteiger partial charge in [-0.2, -0.15) is 0 Å². The van der Waals surface area contributed by atoms with Crippen LogP contribution >= 0.6 is 0 Å². The van der Waals surface area contributed by atoms with Crippen molar-refractivity contribution in [1.29, 1.82) is 0 Å². The Kier molecular flexibility index (Phi) is 4.01. The monoisotopic (exact) mass is 256 g/mol. The molecule has 1 aromatic carbocycles. The zero-order valence-electron chi connectivity index (χ0n) is 10.2. The molecule has 100 valence electrons. The summed E-state index contributed by atoms with van der Waals surface area (Å²) >= 11 is 0. The number of nitrogen functional groups attached to an aromatic ring is 1. The Morgan fingerprint density at radius 2 is 1.78 bits per heavy atom. The maximum atomic E-state index is 13.7. The van der Waals surface area contributed by atoms with E-state index in [2.05, 4.69) is 0 Å². The highest BCUT2D eigenvalue weighted by atomic mass is 19.1. The van der Waals surface area contributed by atoms with Gasteiger partial charge in [-0.05, 0) is 37.3 Å². The lowest BCUT2D eigenvalue weighted by Crippen LogP contribution is -2.35. The molecule has 0 spiro atoms. The molecular weight excluding hydrogens is 238 g/mol. The van der Waals surface area contributed by atoms with Crippen LogP contribution in [-0.2, 0) is 0 Å². The van der Waals surface area contributed by atoms with Crippen molar-refractivity contribution in [1.82, 2.24) is 0 Å². The third kappa shape index (κ3) is 2.72. The van der Waals surface area contributed by atoms with E-state index in [9.17, 15) is 8.78 Å². The predicted molar refractivity (Wildman–Crippen MR) is 67.4 cm³/mol. The highest BCUT2D eigenvalue weighted by Gasteiger charge is 2.23. The van der Waals surface area contributed by atoms with Crippen LogP contribution in [0.1, 0.15) is 19.3 Å². The van der Waals surface area contributed by atoms with Gasteiger partial charge in [-0.25, -0.2) is 8.78 Å². The fourth-order valence-electron chi connectivity index (χ4n) is 2.52. The van der Waals surface area contributed by atoms with Crippen LogP contribution in [0.3, 0.4) is 0 Å². The number of hydrogen-bond acceptors (Lipinski definition) is 3. The molecule has 3 N–H and O–H groups in total. The average Bonchev–Trinajstić information content (AvgIpc) is 2.30. The van der Waals surface area contributed by atoms with Gasteiger partial charge in [0, 0.05) is 25.4 Å². The summed E-state index contributed by atoms with van der Waals surface area (Å²) < 4.78 is 27.5. The van der Waals surface area contributed by atoms with E-state index in [1.54, 1.807) is 4.90 Å². The summed E-state index contributed by atoms with van der Waals surface area (Å²) in [5.74, 6) is -0.757. The lowest BCUT2D eigenvalue weighted by molar-refractivity contribution is 0.240. The lowest BCUT2D eigenvalue weighted by Gasteiger charge is -2.33. The summed E-state index contributed by atoms with van der Waals surface area (Å²) in [5, 5.41) is 8.87. The number of aliphatic hydroxyl groups is 1. The quantitative estimate of drug-likeness (QED) is 0.815. The molecule has 1 heterocycles. The van der Waals surface area contributed by atoms with Gasteiger partial charge in [0.05, 0.1) is 0 Å². The standard InChI is InChI=1S/C13H18F2N2O/c14-11-7-10(16)8-12(15)13(11)17-4-1-9(2-5-17)3-6-18/h7-9,18H,1-6,16H2. The van der Waals surface area contributed by atoms with Crippen LogP contribution in [0.15, 0.2) is 12.1 Å². The number of hydrogen-bond donors (Lipinski definition) is 2. The van der Waals surface area contributed by atoms with Crippen LogP contribution in [-0.4, -0.2) is 24.8 Å². The topological polar surface area (TPSA) is 49.5 Å². The Bertz CT molecular complexity index is 394. The molecule has 0 saturated carbocycles. The van der Waals surface area contributed by atoms with Gasteiger partial charge in [0.25, 0.3) is 0 Å². The van der Waals surface area contributed by atoms with Crippen LogP contribution in [0.25, 0.3) is 0 Å². The second-order valence-electron chi connectivity index (χ2n) is 4.78. The molecule has 3 nitrogen and oxygen atoms in total. The Morgan fingerprint density at radius 1 is 1.22 bits per heavy atom. The third-order valence-electron chi connectivity index (χ3n) is 3.51. The van der Waals surface area contributed by atoms with Crippen molar-refractivity contribution in [3.05, 3.63) is 23.8 Å². The Morgan fingerprint density at radius 3 is 2.28 bits per heavy atom. The van der Waals surface area contributed by atoms with E-state index in [0.29, 0.717) is 19.0 Å². The average molecular weight is 256 g/mol. The summed E-state index contributed by atoms with van der Waals surface area (Å²) in [6.07, 6.45) is 2.47. The summed E-state index contributed by atoms with van der Waals surface area (Å²) in [6.45, 7) is 1.40. The number of anilines is 2. The maximum Gasteiger partial charge on any atom is 0.151 e. The number of aliphatic hydroxyl groups excluding tert-OH is 1. The van der Waals surface area contributed by atoms with Crippen molar-refractivity contribution in [2.45, 2.75) is 19.3 Å². The van der Waals surface area contributed by atoms with Crippen LogP contribution in [0.4, 0.5) is 20.2 Å². The number of rotatable bonds is 3. The number of nitrogens with zero attached hydrogens (tertiary/aromatic N) is 1. The highest BCUT2D eigenvalue weighted by molar-refractivity contribution is 5.56. The van der Waals surface area contributed by atoms with Crippen molar-refractivity contribution < 1.29 is 13.9 Å². The molecule has 0 unspecified atom stereocenters. The molecule has 0 amide bonds. The minimum Gasteiger partial charge on any atom is -0.399 e. The van der Waals surface area contributed by atoms with Gasteiger partial charge in [0.1, 0.15) is 5.69 Å². The fraction of sp³-hybridized carbons (Fsp3) is 0.538. The highest BCUT2D eigenvalue weighted by Crippen LogP contribution is 2.30. The first-order valence-corrected chi connectivity index (χ1v) is 6.22. The van der Waals surface area contributed by atoms with Gasteiger partial charge in [0.2, 0.25) is 0 Å².